The number of carbonyl (C=O) groups is 1. The van der Waals surface area contributed by atoms with Crippen molar-refractivity contribution >= 4 is 51.1 Å². The van der Waals surface area contributed by atoms with Crippen LogP contribution in [0.3, 0.4) is 0 Å². The van der Waals surface area contributed by atoms with E-state index in [0.29, 0.717) is 78.7 Å². The van der Waals surface area contributed by atoms with E-state index in [1.807, 2.05) is 36.2 Å². The van der Waals surface area contributed by atoms with Crippen LogP contribution >= 0.6 is 11.6 Å². The maximum atomic E-state index is 16.9. The first kappa shape index (κ1) is 34.0. The van der Waals surface area contributed by atoms with Crippen molar-refractivity contribution in [2.24, 2.45) is 0 Å². The second kappa shape index (κ2) is 13.6. The van der Waals surface area contributed by atoms with Gasteiger partial charge in [-0.2, -0.15) is 15.0 Å². The number of benzene rings is 2. The van der Waals surface area contributed by atoms with Crippen molar-refractivity contribution in [3.63, 3.8) is 0 Å². The standard InChI is InChI=1S/C38H37ClF2N8O4/c1-47(25-11-14-48(18-25)30(50)10-9-29-43-35(46-53-29)23-19-51-20-23)36-27-16-42-33(26-7-2-5-22-6-3-8-28(39)31(22)26)32(41)34(27)44-37(45-36)52-21-38-12-4-13-49(38)17-24(40)15-38/h2-3,5-10,16,23-25H,4,11-15,17-21H2,1H3/b10-9+/t24-,25-,38?/m1/s1. The van der Waals surface area contributed by atoms with E-state index in [0.717, 1.165) is 24.8 Å². The maximum Gasteiger partial charge on any atom is 0.319 e. The molecule has 4 aliphatic heterocycles. The monoisotopic (exact) mass is 742 g/mol. The highest BCUT2D eigenvalue weighted by molar-refractivity contribution is 6.36. The molecule has 4 aliphatic rings. The molecule has 0 N–H and O–H groups in total. The highest BCUT2D eigenvalue weighted by Gasteiger charge is 2.49. The SMILES string of the molecule is CN(c1nc(OCC23CCCN2C[C@H](F)C3)nc2c(F)c(-c3cccc4cccc(Cl)c34)ncc12)[C@@H]1CCN(C(=O)/C=C/c2nc(C3COC3)no2)C1. The summed E-state index contributed by atoms with van der Waals surface area (Å²) < 4.78 is 48.2. The van der Waals surface area contributed by atoms with Gasteiger partial charge in [-0.1, -0.05) is 47.1 Å². The number of hydrogen-bond donors (Lipinski definition) is 0. The number of alkyl halides is 1. The Hall–Kier alpha value is -4.79. The Balaban J connectivity index is 1.03. The van der Waals surface area contributed by atoms with Crippen LogP contribution in [0.4, 0.5) is 14.6 Å². The fourth-order valence-corrected chi connectivity index (χ4v) is 8.51. The minimum atomic E-state index is -0.925. The summed E-state index contributed by atoms with van der Waals surface area (Å²) in [6, 6.07) is 10.9. The van der Waals surface area contributed by atoms with Gasteiger partial charge in [0.15, 0.2) is 11.6 Å². The minimum absolute atomic E-state index is 0.00358. The first-order chi connectivity index (χ1) is 25.8. The van der Waals surface area contributed by atoms with Crippen LogP contribution in [-0.4, -0.2) is 112 Å². The normalized spacial score (nSPS) is 23.4. The lowest BCUT2D eigenvalue weighted by Gasteiger charge is -2.31. The third-order valence-electron chi connectivity index (χ3n) is 11.2. The molecule has 4 fully saturated rings. The van der Waals surface area contributed by atoms with Gasteiger partial charge in [0, 0.05) is 73.5 Å². The van der Waals surface area contributed by atoms with Gasteiger partial charge in [-0.05, 0) is 37.3 Å². The van der Waals surface area contributed by atoms with Gasteiger partial charge in [-0.15, -0.1) is 0 Å². The molecule has 5 aromatic rings. The van der Waals surface area contributed by atoms with Crippen molar-refractivity contribution in [2.75, 3.05) is 57.9 Å². The average Bonchev–Trinajstić information content (AvgIpc) is 3.94. The molecule has 3 aromatic heterocycles. The summed E-state index contributed by atoms with van der Waals surface area (Å²) in [4.78, 5) is 37.4. The van der Waals surface area contributed by atoms with Crippen molar-refractivity contribution < 1.29 is 27.6 Å². The molecular weight excluding hydrogens is 706 g/mol. The van der Waals surface area contributed by atoms with Crippen molar-refractivity contribution in [1.29, 1.82) is 0 Å². The second-order valence-corrected chi connectivity index (χ2v) is 14.8. The third-order valence-corrected chi connectivity index (χ3v) is 11.5. The Morgan fingerprint density at radius 3 is 2.83 bits per heavy atom. The van der Waals surface area contributed by atoms with Gasteiger partial charge in [0.05, 0.1) is 30.1 Å². The van der Waals surface area contributed by atoms with Gasteiger partial charge in [-0.3, -0.25) is 14.7 Å². The summed E-state index contributed by atoms with van der Waals surface area (Å²) in [5, 5.41) is 6.40. The van der Waals surface area contributed by atoms with E-state index in [2.05, 4.69) is 25.0 Å². The predicted octanol–water partition coefficient (Wildman–Crippen LogP) is 5.84. The van der Waals surface area contributed by atoms with Crippen molar-refractivity contribution in [1.82, 2.24) is 34.9 Å². The van der Waals surface area contributed by atoms with Gasteiger partial charge in [-0.25, -0.2) is 8.78 Å². The van der Waals surface area contributed by atoms with Crippen LogP contribution < -0.4 is 9.64 Å². The molecule has 3 atom stereocenters. The molecule has 2 aromatic carbocycles. The van der Waals surface area contributed by atoms with Crippen LogP contribution in [0.2, 0.25) is 5.02 Å². The Bertz CT molecular complexity index is 2250. The van der Waals surface area contributed by atoms with E-state index < -0.39 is 17.5 Å². The van der Waals surface area contributed by atoms with E-state index in [1.54, 1.807) is 23.2 Å². The number of pyridine rings is 1. The number of ether oxygens (including phenoxy) is 2. The van der Waals surface area contributed by atoms with E-state index in [1.165, 1.54) is 12.2 Å². The van der Waals surface area contributed by atoms with E-state index in [9.17, 15) is 9.18 Å². The number of hydrogen-bond acceptors (Lipinski definition) is 11. The molecule has 1 amide bonds. The fraction of sp³-hybridized carbons (Fsp3) is 0.421. The number of fused-ring (bicyclic) bond motifs is 3. The number of likely N-dealkylation sites (N-methyl/N-ethyl adjacent to an activating group) is 1. The first-order valence-electron chi connectivity index (χ1n) is 17.9. The minimum Gasteiger partial charge on any atom is -0.461 e. The van der Waals surface area contributed by atoms with Gasteiger partial charge in [0.25, 0.3) is 5.89 Å². The molecule has 9 rings (SSSR count). The molecular formula is C38H37ClF2N8O4. The molecule has 53 heavy (non-hydrogen) atoms. The molecule has 4 saturated heterocycles. The van der Waals surface area contributed by atoms with Crippen LogP contribution in [0.1, 0.15) is 43.3 Å². The number of halogens is 3. The maximum absolute atomic E-state index is 16.9. The third kappa shape index (κ3) is 6.15. The molecule has 15 heteroatoms. The molecule has 0 radical (unpaired) electrons. The summed E-state index contributed by atoms with van der Waals surface area (Å²) >= 11 is 6.63. The van der Waals surface area contributed by atoms with Crippen LogP contribution in [0.25, 0.3) is 39.0 Å². The number of aromatic nitrogens is 5. The molecule has 7 heterocycles. The van der Waals surface area contributed by atoms with Crippen LogP contribution in [0, 0.1) is 5.82 Å². The fourth-order valence-electron chi connectivity index (χ4n) is 8.23. The molecule has 12 nitrogen and oxygen atoms in total. The number of carbonyl (C=O) groups excluding carboxylic acids is 1. The lowest BCUT2D eigenvalue weighted by Crippen LogP contribution is -2.43. The second-order valence-electron chi connectivity index (χ2n) is 14.4. The van der Waals surface area contributed by atoms with Gasteiger partial charge in [0.1, 0.15) is 29.8 Å². The Morgan fingerprint density at radius 1 is 1.15 bits per heavy atom. The predicted molar refractivity (Wildman–Crippen MR) is 194 cm³/mol. The van der Waals surface area contributed by atoms with Crippen molar-refractivity contribution in [3.8, 4) is 17.3 Å². The van der Waals surface area contributed by atoms with E-state index >= 15 is 4.39 Å². The number of amides is 1. The van der Waals surface area contributed by atoms with Crippen molar-refractivity contribution in [3.05, 3.63) is 71.2 Å². The Kier molecular flexibility index (Phi) is 8.70. The lowest BCUT2D eigenvalue weighted by molar-refractivity contribution is -0.124. The number of likely N-dealkylation sites (tertiary alicyclic amines) is 1. The summed E-state index contributed by atoms with van der Waals surface area (Å²) in [7, 11) is 1.86. The Labute approximate surface area is 308 Å². The molecule has 0 saturated carbocycles. The van der Waals surface area contributed by atoms with Gasteiger partial charge >= 0.3 is 6.01 Å². The number of nitrogens with zero attached hydrogens (tertiary/aromatic N) is 8. The van der Waals surface area contributed by atoms with E-state index in [4.69, 9.17) is 30.6 Å². The van der Waals surface area contributed by atoms with Crippen LogP contribution in [0.15, 0.2) is 53.2 Å². The summed E-state index contributed by atoms with van der Waals surface area (Å²) in [6.45, 7) is 3.39. The first-order valence-corrected chi connectivity index (χ1v) is 18.3. The smallest absolute Gasteiger partial charge is 0.319 e. The van der Waals surface area contributed by atoms with Crippen LogP contribution in [0.5, 0.6) is 6.01 Å². The molecule has 0 aliphatic carbocycles. The topological polar surface area (TPSA) is 123 Å². The largest absolute Gasteiger partial charge is 0.461 e. The molecule has 0 bridgehead atoms. The number of rotatable bonds is 9. The Morgan fingerprint density at radius 2 is 2.00 bits per heavy atom. The highest BCUT2D eigenvalue weighted by atomic mass is 35.5. The lowest BCUT2D eigenvalue weighted by atomic mass is 9.95. The van der Waals surface area contributed by atoms with Gasteiger partial charge < -0.3 is 23.8 Å². The van der Waals surface area contributed by atoms with Crippen molar-refractivity contribution in [2.45, 2.75) is 49.4 Å². The van der Waals surface area contributed by atoms with Gasteiger partial charge in [0.2, 0.25) is 5.91 Å². The average molecular weight is 743 g/mol. The van der Waals surface area contributed by atoms with Crippen LogP contribution in [-0.2, 0) is 9.53 Å². The zero-order chi connectivity index (χ0) is 36.3. The molecule has 1 unspecified atom stereocenters. The zero-order valence-electron chi connectivity index (χ0n) is 29.1. The summed E-state index contributed by atoms with van der Waals surface area (Å²) in [6.07, 6.45) is 6.39. The highest BCUT2D eigenvalue weighted by Crippen LogP contribution is 2.41. The number of anilines is 1. The molecule has 274 valence electrons. The molecule has 0 spiro atoms. The summed E-state index contributed by atoms with van der Waals surface area (Å²) in [5.74, 6) is 0.531. The quantitative estimate of drug-likeness (QED) is 0.169. The zero-order valence-corrected chi connectivity index (χ0v) is 29.8. The van der Waals surface area contributed by atoms with E-state index in [-0.39, 0.29) is 47.6 Å². The summed E-state index contributed by atoms with van der Waals surface area (Å²) in [5.41, 5.74) is 0.239.